The Morgan fingerprint density at radius 3 is 2.74 bits per heavy atom. The van der Waals surface area contributed by atoms with E-state index in [2.05, 4.69) is 52.8 Å². The minimum absolute atomic E-state index is 0.666. The van der Waals surface area contributed by atoms with Gasteiger partial charge in [0.25, 0.3) is 0 Å². The standard InChI is InChI=1S/C14H14N4S/c1-8-3-4-10(5-9(8)2)11-6-19-14-12(11)13(18-15)16-7-17-14/h3-7H,15H2,1-2H3,(H,16,17,18). The maximum absolute atomic E-state index is 5.54. The average Bonchev–Trinajstić information content (AvgIpc) is 2.85. The summed E-state index contributed by atoms with van der Waals surface area (Å²) in [5, 5.41) is 3.09. The lowest BCUT2D eigenvalue weighted by molar-refractivity contribution is 1.19. The highest BCUT2D eigenvalue weighted by molar-refractivity contribution is 7.17. The molecule has 0 fully saturated rings. The van der Waals surface area contributed by atoms with Gasteiger partial charge in [0.2, 0.25) is 0 Å². The predicted molar refractivity (Wildman–Crippen MR) is 80.1 cm³/mol. The molecule has 0 saturated heterocycles. The zero-order valence-corrected chi connectivity index (χ0v) is 11.6. The molecule has 0 aliphatic carbocycles. The van der Waals surface area contributed by atoms with E-state index in [1.165, 1.54) is 23.0 Å². The van der Waals surface area contributed by atoms with Gasteiger partial charge in [-0.3, -0.25) is 0 Å². The molecule has 0 aliphatic rings. The number of benzene rings is 1. The van der Waals surface area contributed by atoms with Crippen molar-refractivity contribution >= 4 is 27.4 Å². The third kappa shape index (κ3) is 1.97. The molecule has 0 spiro atoms. The minimum atomic E-state index is 0.666. The van der Waals surface area contributed by atoms with Gasteiger partial charge < -0.3 is 5.43 Å². The Hall–Kier alpha value is -1.98. The SMILES string of the molecule is Cc1ccc(-c2csc3ncnc(NN)c23)cc1C. The molecule has 19 heavy (non-hydrogen) atoms. The average molecular weight is 270 g/mol. The fourth-order valence-electron chi connectivity index (χ4n) is 2.11. The number of nitrogens with one attached hydrogen (secondary N) is 1. The summed E-state index contributed by atoms with van der Waals surface area (Å²) in [6.07, 6.45) is 1.53. The molecule has 3 aromatic rings. The summed E-state index contributed by atoms with van der Waals surface area (Å²) in [6.45, 7) is 4.23. The number of anilines is 1. The van der Waals surface area contributed by atoms with Crippen molar-refractivity contribution in [2.24, 2.45) is 5.84 Å². The molecule has 0 atom stereocenters. The molecule has 0 amide bonds. The fourth-order valence-corrected chi connectivity index (χ4v) is 3.02. The zero-order chi connectivity index (χ0) is 13.4. The van der Waals surface area contributed by atoms with Crippen molar-refractivity contribution in [2.45, 2.75) is 13.8 Å². The van der Waals surface area contributed by atoms with Crippen molar-refractivity contribution in [1.29, 1.82) is 0 Å². The van der Waals surface area contributed by atoms with E-state index >= 15 is 0 Å². The Morgan fingerprint density at radius 2 is 2.00 bits per heavy atom. The molecule has 2 heterocycles. The van der Waals surface area contributed by atoms with Crippen LogP contribution in [0, 0.1) is 13.8 Å². The second-order valence-electron chi connectivity index (χ2n) is 4.50. The van der Waals surface area contributed by atoms with E-state index in [0.717, 1.165) is 15.8 Å². The fraction of sp³-hybridized carbons (Fsp3) is 0.143. The number of aryl methyl sites for hydroxylation is 2. The molecule has 3 N–H and O–H groups in total. The van der Waals surface area contributed by atoms with Crippen molar-refractivity contribution in [3.8, 4) is 11.1 Å². The highest BCUT2D eigenvalue weighted by atomic mass is 32.1. The molecule has 3 rings (SSSR count). The molecule has 0 saturated carbocycles. The third-order valence-electron chi connectivity index (χ3n) is 3.32. The molecule has 0 radical (unpaired) electrons. The first-order valence-electron chi connectivity index (χ1n) is 5.97. The van der Waals surface area contributed by atoms with Crippen LogP contribution in [-0.2, 0) is 0 Å². The Balaban J connectivity index is 2.27. The topological polar surface area (TPSA) is 63.8 Å². The summed E-state index contributed by atoms with van der Waals surface area (Å²) in [6, 6.07) is 6.44. The second kappa shape index (κ2) is 4.60. The van der Waals surface area contributed by atoms with Crippen LogP contribution in [0.15, 0.2) is 29.9 Å². The smallest absolute Gasteiger partial charge is 0.152 e. The normalized spacial score (nSPS) is 10.9. The number of hydrazine groups is 1. The predicted octanol–water partition coefficient (Wildman–Crippen LogP) is 3.26. The third-order valence-corrected chi connectivity index (χ3v) is 4.21. The molecule has 4 nitrogen and oxygen atoms in total. The lowest BCUT2D eigenvalue weighted by Gasteiger charge is -2.06. The summed E-state index contributed by atoms with van der Waals surface area (Å²) >= 11 is 1.60. The van der Waals surface area contributed by atoms with Gasteiger partial charge in [-0.05, 0) is 30.5 Å². The maximum Gasteiger partial charge on any atom is 0.152 e. The number of nitrogen functional groups attached to an aromatic ring is 1. The van der Waals surface area contributed by atoms with E-state index in [0.29, 0.717) is 5.82 Å². The van der Waals surface area contributed by atoms with E-state index < -0.39 is 0 Å². The highest BCUT2D eigenvalue weighted by Crippen LogP contribution is 2.36. The molecule has 5 heteroatoms. The maximum atomic E-state index is 5.54. The Kier molecular flexibility index (Phi) is 2.93. The van der Waals surface area contributed by atoms with Crippen LogP contribution in [0.3, 0.4) is 0 Å². The quantitative estimate of drug-likeness (QED) is 0.554. The largest absolute Gasteiger partial charge is 0.308 e. The van der Waals surface area contributed by atoms with E-state index in [9.17, 15) is 0 Å². The lowest BCUT2D eigenvalue weighted by atomic mass is 10.0. The number of nitrogens with two attached hydrogens (primary N) is 1. The molecular weight excluding hydrogens is 256 g/mol. The zero-order valence-electron chi connectivity index (χ0n) is 10.8. The Labute approximate surface area is 115 Å². The van der Waals surface area contributed by atoms with Crippen LogP contribution in [0.2, 0.25) is 0 Å². The van der Waals surface area contributed by atoms with Gasteiger partial charge in [-0.15, -0.1) is 11.3 Å². The van der Waals surface area contributed by atoms with Gasteiger partial charge in [0.05, 0.1) is 5.39 Å². The van der Waals surface area contributed by atoms with Crippen molar-refractivity contribution in [2.75, 3.05) is 5.43 Å². The molecule has 1 aromatic carbocycles. The summed E-state index contributed by atoms with van der Waals surface area (Å²) in [4.78, 5) is 9.41. The Morgan fingerprint density at radius 1 is 1.16 bits per heavy atom. The Bertz CT molecular complexity index is 748. The first-order chi connectivity index (χ1) is 9.20. The highest BCUT2D eigenvalue weighted by Gasteiger charge is 2.12. The molecule has 2 aromatic heterocycles. The van der Waals surface area contributed by atoms with Gasteiger partial charge in [-0.25, -0.2) is 15.8 Å². The molecule has 0 bridgehead atoms. The summed E-state index contributed by atoms with van der Waals surface area (Å²) in [7, 11) is 0. The molecular formula is C14H14N4S. The number of rotatable bonds is 2. The van der Waals surface area contributed by atoms with Crippen LogP contribution in [0.25, 0.3) is 21.3 Å². The van der Waals surface area contributed by atoms with Crippen LogP contribution in [-0.4, -0.2) is 9.97 Å². The number of hydrogen-bond donors (Lipinski definition) is 2. The van der Waals surface area contributed by atoms with Crippen molar-refractivity contribution in [3.05, 3.63) is 41.0 Å². The van der Waals surface area contributed by atoms with Crippen molar-refractivity contribution < 1.29 is 0 Å². The monoisotopic (exact) mass is 270 g/mol. The molecule has 0 unspecified atom stereocenters. The number of aromatic nitrogens is 2. The lowest BCUT2D eigenvalue weighted by Crippen LogP contribution is -2.09. The van der Waals surface area contributed by atoms with Gasteiger partial charge in [-0.2, -0.15) is 0 Å². The van der Waals surface area contributed by atoms with Gasteiger partial charge in [0.1, 0.15) is 11.2 Å². The summed E-state index contributed by atoms with van der Waals surface area (Å²) < 4.78 is 0. The van der Waals surface area contributed by atoms with Crippen molar-refractivity contribution in [3.63, 3.8) is 0 Å². The van der Waals surface area contributed by atoms with E-state index in [1.807, 2.05) is 0 Å². The van der Waals surface area contributed by atoms with Gasteiger partial charge in [-0.1, -0.05) is 18.2 Å². The van der Waals surface area contributed by atoms with Crippen molar-refractivity contribution in [1.82, 2.24) is 9.97 Å². The van der Waals surface area contributed by atoms with E-state index in [-0.39, 0.29) is 0 Å². The number of fused-ring (bicyclic) bond motifs is 1. The van der Waals surface area contributed by atoms with E-state index in [1.54, 1.807) is 11.3 Å². The number of hydrogen-bond acceptors (Lipinski definition) is 5. The first kappa shape index (κ1) is 12.1. The van der Waals surface area contributed by atoms with E-state index in [4.69, 9.17) is 5.84 Å². The molecule has 96 valence electrons. The van der Waals surface area contributed by atoms with Gasteiger partial charge >= 0.3 is 0 Å². The van der Waals surface area contributed by atoms with Gasteiger partial charge in [0.15, 0.2) is 5.82 Å². The van der Waals surface area contributed by atoms with Gasteiger partial charge in [0, 0.05) is 10.9 Å². The number of thiophene rings is 1. The summed E-state index contributed by atoms with van der Waals surface area (Å²) in [5.41, 5.74) is 7.50. The molecule has 0 aliphatic heterocycles. The van der Waals surface area contributed by atoms with Crippen LogP contribution in [0.1, 0.15) is 11.1 Å². The van der Waals surface area contributed by atoms with Crippen LogP contribution in [0.5, 0.6) is 0 Å². The van der Waals surface area contributed by atoms with Crippen LogP contribution in [0.4, 0.5) is 5.82 Å². The van der Waals surface area contributed by atoms with Crippen LogP contribution >= 0.6 is 11.3 Å². The second-order valence-corrected chi connectivity index (χ2v) is 5.35. The number of nitrogens with zero attached hydrogens (tertiary/aromatic N) is 2. The minimum Gasteiger partial charge on any atom is -0.308 e. The first-order valence-corrected chi connectivity index (χ1v) is 6.85. The summed E-state index contributed by atoms with van der Waals surface area (Å²) in [5.74, 6) is 6.21. The van der Waals surface area contributed by atoms with Crippen LogP contribution < -0.4 is 11.3 Å².